The summed E-state index contributed by atoms with van der Waals surface area (Å²) in [4.78, 5) is 3.66. The van der Waals surface area contributed by atoms with Gasteiger partial charge in [0.1, 0.15) is 5.69 Å². The van der Waals surface area contributed by atoms with E-state index in [1.54, 1.807) is 0 Å². The number of rotatable bonds is 3. The second kappa shape index (κ2) is 6.75. The number of hydrogen-bond donors (Lipinski definition) is 1. The Morgan fingerprint density at radius 2 is 1.33 bits per heavy atom. The molecule has 0 radical (unpaired) electrons. The van der Waals surface area contributed by atoms with Crippen molar-refractivity contribution in [1.82, 2.24) is 10.1 Å². The van der Waals surface area contributed by atoms with Crippen LogP contribution in [0.25, 0.3) is 55.5 Å². The molecule has 0 fully saturated rings. The van der Waals surface area contributed by atoms with Crippen LogP contribution in [0.4, 0.5) is 0 Å². The van der Waals surface area contributed by atoms with Crippen LogP contribution < -0.4 is 0 Å². The first-order valence-electron chi connectivity index (χ1n) is 10.00. The van der Waals surface area contributed by atoms with Crippen molar-refractivity contribution >= 4 is 21.7 Å². The molecule has 4 aromatic carbocycles. The fourth-order valence-electron chi connectivity index (χ4n) is 4.16. The average Bonchev–Trinajstić information content (AvgIpc) is 3.45. The van der Waals surface area contributed by atoms with Gasteiger partial charge in [-0.05, 0) is 10.9 Å². The van der Waals surface area contributed by atoms with Gasteiger partial charge in [0.25, 0.3) is 0 Å². The van der Waals surface area contributed by atoms with Gasteiger partial charge in [0.15, 0.2) is 5.76 Å². The van der Waals surface area contributed by atoms with E-state index >= 15 is 0 Å². The molecule has 6 aromatic rings. The Balaban J connectivity index is 1.64. The Morgan fingerprint density at radius 1 is 0.633 bits per heavy atom. The number of aromatic nitrogens is 2. The first kappa shape index (κ1) is 16.8. The zero-order chi connectivity index (χ0) is 19.9. The lowest BCUT2D eigenvalue weighted by atomic mass is 9.98. The molecule has 0 bridgehead atoms. The molecule has 6 rings (SSSR count). The third kappa shape index (κ3) is 2.64. The Morgan fingerprint density at radius 3 is 2.13 bits per heavy atom. The molecular weight excluding hydrogens is 368 g/mol. The van der Waals surface area contributed by atoms with Crippen LogP contribution in [-0.4, -0.2) is 10.1 Å². The maximum absolute atomic E-state index is 5.71. The smallest absolute Gasteiger partial charge is 0.167 e. The lowest BCUT2D eigenvalue weighted by Crippen LogP contribution is -1.82. The van der Waals surface area contributed by atoms with Gasteiger partial charge in [0.2, 0.25) is 0 Å². The molecule has 0 aliphatic rings. The third-order valence-corrected chi connectivity index (χ3v) is 5.59. The SMILES string of the molecule is c1ccc(-c2cc(-c3[nH]c4c(ccc5ccccc54)c3-c3ccccc3)no2)cc1. The van der Waals surface area contributed by atoms with Gasteiger partial charge < -0.3 is 9.51 Å². The molecule has 3 heteroatoms. The maximum Gasteiger partial charge on any atom is 0.167 e. The summed E-state index contributed by atoms with van der Waals surface area (Å²) >= 11 is 0. The number of H-pyrrole nitrogens is 1. The minimum Gasteiger partial charge on any atom is -0.356 e. The van der Waals surface area contributed by atoms with E-state index in [0.29, 0.717) is 0 Å². The molecule has 2 heterocycles. The normalized spacial score (nSPS) is 11.3. The van der Waals surface area contributed by atoms with Crippen LogP contribution in [0.1, 0.15) is 0 Å². The van der Waals surface area contributed by atoms with Crippen molar-refractivity contribution in [2.24, 2.45) is 0 Å². The van der Waals surface area contributed by atoms with E-state index in [4.69, 9.17) is 4.52 Å². The topological polar surface area (TPSA) is 41.8 Å². The molecule has 0 saturated heterocycles. The monoisotopic (exact) mass is 386 g/mol. The van der Waals surface area contributed by atoms with Crippen LogP contribution in [0.2, 0.25) is 0 Å². The minimum atomic E-state index is 0.758. The molecule has 142 valence electrons. The van der Waals surface area contributed by atoms with Crippen molar-refractivity contribution in [3.05, 3.63) is 103 Å². The lowest BCUT2D eigenvalue weighted by Gasteiger charge is -2.03. The standard InChI is InChI=1S/C27H18N2O/c1-3-10-19(11-4-1)24-17-23(29-30-24)27-25(20-12-5-2-6-13-20)22-16-15-18-9-7-8-14-21(18)26(22)28-27/h1-17,28H. The van der Waals surface area contributed by atoms with Crippen LogP contribution in [0.15, 0.2) is 108 Å². The Bertz CT molecular complexity index is 1480. The number of nitrogens with one attached hydrogen (secondary N) is 1. The minimum absolute atomic E-state index is 0.758. The molecule has 0 aliphatic carbocycles. The highest BCUT2D eigenvalue weighted by atomic mass is 16.5. The van der Waals surface area contributed by atoms with Crippen LogP contribution in [-0.2, 0) is 0 Å². The van der Waals surface area contributed by atoms with Crippen molar-refractivity contribution in [3.8, 4) is 33.8 Å². The highest BCUT2D eigenvalue weighted by molar-refractivity contribution is 6.14. The van der Waals surface area contributed by atoms with Crippen molar-refractivity contribution in [2.45, 2.75) is 0 Å². The summed E-state index contributed by atoms with van der Waals surface area (Å²) in [6, 6.07) is 35.3. The quantitative estimate of drug-likeness (QED) is 0.346. The van der Waals surface area contributed by atoms with E-state index in [1.807, 2.05) is 42.5 Å². The van der Waals surface area contributed by atoms with Gasteiger partial charge >= 0.3 is 0 Å². The molecule has 0 unspecified atom stereocenters. The van der Waals surface area contributed by atoms with Crippen molar-refractivity contribution in [1.29, 1.82) is 0 Å². The number of fused-ring (bicyclic) bond motifs is 3. The number of nitrogens with zero attached hydrogens (tertiary/aromatic N) is 1. The molecule has 0 spiro atoms. The highest BCUT2D eigenvalue weighted by Gasteiger charge is 2.19. The Labute approximate surface area is 173 Å². The fourth-order valence-corrected chi connectivity index (χ4v) is 4.16. The predicted molar refractivity (Wildman–Crippen MR) is 122 cm³/mol. The second-order valence-electron chi connectivity index (χ2n) is 7.39. The zero-order valence-electron chi connectivity index (χ0n) is 16.2. The van der Waals surface area contributed by atoms with Crippen molar-refractivity contribution < 1.29 is 4.52 Å². The van der Waals surface area contributed by atoms with Crippen LogP contribution in [0.3, 0.4) is 0 Å². The van der Waals surface area contributed by atoms with Gasteiger partial charge in [-0.25, -0.2) is 0 Å². The number of hydrogen-bond acceptors (Lipinski definition) is 2. The summed E-state index contributed by atoms with van der Waals surface area (Å²) < 4.78 is 5.71. The molecule has 0 amide bonds. The predicted octanol–water partition coefficient (Wildman–Crippen LogP) is 7.31. The van der Waals surface area contributed by atoms with Gasteiger partial charge in [0, 0.05) is 28.0 Å². The second-order valence-corrected chi connectivity index (χ2v) is 7.39. The van der Waals surface area contributed by atoms with Crippen LogP contribution in [0.5, 0.6) is 0 Å². The summed E-state index contributed by atoms with van der Waals surface area (Å²) in [6.07, 6.45) is 0. The van der Waals surface area contributed by atoms with Gasteiger partial charge in [0.05, 0.1) is 11.2 Å². The zero-order valence-corrected chi connectivity index (χ0v) is 16.2. The van der Waals surface area contributed by atoms with Crippen molar-refractivity contribution in [2.75, 3.05) is 0 Å². The molecular formula is C27H18N2O. The molecule has 30 heavy (non-hydrogen) atoms. The lowest BCUT2D eigenvalue weighted by molar-refractivity contribution is 0.435. The first-order chi connectivity index (χ1) is 14.9. The largest absolute Gasteiger partial charge is 0.356 e. The maximum atomic E-state index is 5.71. The van der Waals surface area contributed by atoms with Gasteiger partial charge in [-0.15, -0.1) is 0 Å². The van der Waals surface area contributed by atoms with Gasteiger partial charge in [-0.1, -0.05) is 102 Å². The number of aromatic amines is 1. The van der Waals surface area contributed by atoms with Gasteiger partial charge in [-0.3, -0.25) is 0 Å². The molecule has 0 saturated carbocycles. The Hall–Kier alpha value is -4.11. The van der Waals surface area contributed by atoms with Crippen LogP contribution >= 0.6 is 0 Å². The summed E-state index contributed by atoms with van der Waals surface area (Å²) in [5, 5.41) is 8.01. The van der Waals surface area contributed by atoms with E-state index < -0.39 is 0 Å². The van der Waals surface area contributed by atoms with E-state index in [1.165, 1.54) is 16.2 Å². The van der Waals surface area contributed by atoms with Crippen LogP contribution in [0, 0.1) is 0 Å². The third-order valence-electron chi connectivity index (χ3n) is 5.59. The molecule has 0 aliphatic heterocycles. The Kier molecular flexibility index (Phi) is 3.78. The molecule has 3 nitrogen and oxygen atoms in total. The van der Waals surface area contributed by atoms with E-state index in [-0.39, 0.29) is 0 Å². The summed E-state index contributed by atoms with van der Waals surface area (Å²) in [7, 11) is 0. The van der Waals surface area contributed by atoms with E-state index in [9.17, 15) is 0 Å². The first-order valence-corrected chi connectivity index (χ1v) is 10.00. The van der Waals surface area contributed by atoms with E-state index in [2.05, 4.69) is 70.8 Å². The molecule has 1 N–H and O–H groups in total. The number of benzene rings is 4. The van der Waals surface area contributed by atoms with E-state index in [0.717, 1.165) is 39.4 Å². The van der Waals surface area contributed by atoms with Gasteiger partial charge in [-0.2, -0.15) is 0 Å². The molecule has 0 atom stereocenters. The summed E-state index contributed by atoms with van der Waals surface area (Å²) in [6.45, 7) is 0. The average molecular weight is 386 g/mol. The fraction of sp³-hybridized carbons (Fsp3) is 0. The summed E-state index contributed by atoms with van der Waals surface area (Å²) in [5.41, 5.74) is 6.19. The molecule has 2 aromatic heterocycles. The highest BCUT2D eigenvalue weighted by Crippen LogP contribution is 2.41. The summed E-state index contributed by atoms with van der Waals surface area (Å²) in [5.74, 6) is 0.758. The van der Waals surface area contributed by atoms with Crippen molar-refractivity contribution in [3.63, 3.8) is 0 Å².